The maximum Gasteiger partial charge on any atom is 1.00 e. The second-order valence-corrected chi connectivity index (χ2v) is 11.1. The second kappa shape index (κ2) is 17.6. The van der Waals surface area contributed by atoms with Crippen molar-refractivity contribution in [2.75, 3.05) is 0 Å². The molecule has 0 saturated heterocycles. The Balaban J connectivity index is 0.00000900. The number of hydrogen-bond donors (Lipinski definition) is 0. The van der Waals surface area contributed by atoms with E-state index in [0.717, 1.165) is 48.6 Å². The summed E-state index contributed by atoms with van der Waals surface area (Å²) in [6.45, 7) is 9.05. The van der Waals surface area contributed by atoms with Crippen molar-refractivity contribution in [2.45, 2.75) is 122 Å². The molecule has 0 amide bonds. The van der Waals surface area contributed by atoms with Crippen LogP contribution in [0.5, 0.6) is 0 Å². The van der Waals surface area contributed by atoms with Gasteiger partial charge in [-0.3, -0.25) is 0 Å². The molecule has 0 spiro atoms. The van der Waals surface area contributed by atoms with Crippen LogP contribution in [0.3, 0.4) is 0 Å². The van der Waals surface area contributed by atoms with Gasteiger partial charge < -0.3 is 4.55 Å². The van der Waals surface area contributed by atoms with Gasteiger partial charge in [0.25, 0.3) is 0 Å². The fourth-order valence-electron chi connectivity index (χ4n) is 4.15. The Morgan fingerprint density at radius 2 is 1.16 bits per heavy atom. The van der Waals surface area contributed by atoms with Crippen LogP contribution in [0.25, 0.3) is 0 Å². The second-order valence-electron chi connectivity index (χ2n) is 9.75. The van der Waals surface area contributed by atoms with Gasteiger partial charge in [0.15, 0.2) is 0 Å². The molecule has 1 aromatic carbocycles. The van der Waals surface area contributed by atoms with Crippen LogP contribution in [0.1, 0.15) is 116 Å². The molecule has 174 valence electrons. The Labute approximate surface area is 215 Å². The number of hydrogen-bond acceptors (Lipinski definition) is 3. The van der Waals surface area contributed by atoms with Crippen LogP contribution >= 0.6 is 0 Å². The molecule has 3 nitrogen and oxygen atoms in total. The van der Waals surface area contributed by atoms with E-state index in [2.05, 4.69) is 27.7 Å². The van der Waals surface area contributed by atoms with Crippen molar-refractivity contribution in [3.63, 3.8) is 0 Å². The maximum absolute atomic E-state index is 11.8. The molecule has 5 heteroatoms. The van der Waals surface area contributed by atoms with E-state index < -0.39 is 10.1 Å². The number of benzene rings is 1. The van der Waals surface area contributed by atoms with E-state index in [1.807, 2.05) is 6.07 Å². The maximum atomic E-state index is 11.8. The zero-order chi connectivity index (χ0) is 22.4. The monoisotopic (exact) mass is 460 g/mol. The average molecular weight is 461 g/mol. The van der Waals surface area contributed by atoms with Crippen LogP contribution < -0.4 is 29.6 Å². The molecule has 0 aromatic heterocycles. The van der Waals surface area contributed by atoms with Gasteiger partial charge in [-0.15, -0.1) is 0 Å². The average Bonchev–Trinajstić information content (AvgIpc) is 2.65. The van der Waals surface area contributed by atoms with Crippen LogP contribution in [0.2, 0.25) is 0 Å². The van der Waals surface area contributed by atoms with Crippen LogP contribution in [0.4, 0.5) is 0 Å². The van der Waals surface area contributed by atoms with Gasteiger partial charge in [-0.1, -0.05) is 104 Å². The number of unbranched alkanes of at least 4 members (excludes halogenated alkanes) is 8. The Morgan fingerprint density at radius 3 is 1.65 bits per heavy atom. The molecule has 0 aliphatic carbocycles. The molecule has 0 fully saturated rings. The number of aryl methyl sites for hydroxylation is 1. The Hall–Kier alpha value is 0.130. The largest absolute Gasteiger partial charge is 1.00 e. The van der Waals surface area contributed by atoms with Gasteiger partial charge in [-0.2, -0.15) is 0 Å². The summed E-state index contributed by atoms with van der Waals surface area (Å²) in [6.07, 6.45) is 15.9. The molecular formula is C26H45NaO3S. The molecular weight excluding hydrogens is 415 g/mol. The molecule has 0 saturated carbocycles. The minimum absolute atomic E-state index is 0. The molecule has 0 aliphatic heterocycles. The smallest absolute Gasteiger partial charge is 0.744 e. The van der Waals surface area contributed by atoms with E-state index in [-0.39, 0.29) is 34.5 Å². The standard InChI is InChI=1S/C26H46O3S.Na/c1-22(2)16-11-7-5-9-13-18-24-19-15-21-26(30(27,28)29)25(24)20-14-10-6-8-12-17-23(3)4;/h15,19,21-23H,5-14,16-18,20H2,1-4H3,(H,27,28,29);/q;+1/p-1. The summed E-state index contributed by atoms with van der Waals surface area (Å²) in [5, 5.41) is 0. The van der Waals surface area contributed by atoms with E-state index in [4.69, 9.17) is 0 Å². The minimum atomic E-state index is -4.42. The molecule has 1 aromatic rings. The number of rotatable bonds is 17. The topological polar surface area (TPSA) is 57.2 Å². The molecule has 0 heterocycles. The predicted molar refractivity (Wildman–Crippen MR) is 127 cm³/mol. The summed E-state index contributed by atoms with van der Waals surface area (Å²) in [6, 6.07) is 5.25. The summed E-state index contributed by atoms with van der Waals surface area (Å²) in [7, 11) is -4.42. The Bertz CT molecular complexity index is 684. The first-order valence-corrected chi connectivity index (χ1v) is 13.7. The molecule has 0 unspecified atom stereocenters. The molecule has 0 N–H and O–H groups in total. The van der Waals surface area contributed by atoms with E-state index in [1.54, 1.807) is 6.07 Å². The predicted octanol–water partition coefficient (Wildman–Crippen LogP) is 4.67. The van der Waals surface area contributed by atoms with Crippen molar-refractivity contribution in [1.82, 2.24) is 0 Å². The van der Waals surface area contributed by atoms with Gasteiger partial charge in [0.05, 0.1) is 4.90 Å². The molecule has 0 atom stereocenters. The van der Waals surface area contributed by atoms with Gasteiger partial charge in [0.1, 0.15) is 10.1 Å². The first-order chi connectivity index (χ1) is 14.2. The minimum Gasteiger partial charge on any atom is -0.744 e. The van der Waals surface area contributed by atoms with Gasteiger partial charge >= 0.3 is 29.6 Å². The Kier molecular flexibility index (Phi) is 17.7. The van der Waals surface area contributed by atoms with Gasteiger partial charge in [0, 0.05) is 0 Å². The molecule has 0 radical (unpaired) electrons. The van der Waals surface area contributed by atoms with Crippen molar-refractivity contribution >= 4 is 10.1 Å². The first kappa shape index (κ1) is 31.1. The van der Waals surface area contributed by atoms with Gasteiger partial charge in [-0.05, 0) is 54.7 Å². The first-order valence-electron chi connectivity index (χ1n) is 12.3. The molecule has 0 aliphatic rings. The van der Waals surface area contributed by atoms with Gasteiger partial charge in [-0.25, -0.2) is 8.42 Å². The van der Waals surface area contributed by atoms with Crippen molar-refractivity contribution < 1.29 is 42.5 Å². The Morgan fingerprint density at radius 1 is 0.710 bits per heavy atom. The third-order valence-electron chi connectivity index (χ3n) is 5.94. The fraction of sp³-hybridized carbons (Fsp3) is 0.769. The quantitative estimate of drug-likeness (QED) is 0.193. The van der Waals surface area contributed by atoms with Crippen LogP contribution in [0, 0.1) is 11.8 Å². The molecule has 31 heavy (non-hydrogen) atoms. The molecule has 1 rings (SSSR count). The SMILES string of the molecule is CC(C)CCCCCCCc1cccc(S(=O)(=O)[O-])c1CCCCCCCC(C)C.[Na+]. The van der Waals surface area contributed by atoms with Crippen molar-refractivity contribution in [3.8, 4) is 0 Å². The van der Waals surface area contributed by atoms with Crippen molar-refractivity contribution in [2.24, 2.45) is 11.8 Å². The zero-order valence-corrected chi connectivity index (χ0v) is 23.7. The van der Waals surface area contributed by atoms with E-state index >= 15 is 0 Å². The van der Waals surface area contributed by atoms with E-state index in [1.165, 1.54) is 63.9 Å². The van der Waals surface area contributed by atoms with Crippen LogP contribution in [-0.4, -0.2) is 13.0 Å². The summed E-state index contributed by atoms with van der Waals surface area (Å²) in [4.78, 5) is 0.0109. The van der Waals surface area contributed by atoms with Crippen molar-refractivity contribution in [3.05, 3.63) is 29.3 Å². The normalized spacial score (nSPS) is 11.8. The third-order valence-corrected chi connectivity index (χ3v) is 6.86. The molecule has 0 bridgehead atoms. The summed E-state index contributed by atoms with van der Waals surface area (Å²) in [5.41, 5.74) is 1.85. The summed E-state index contributed by atoms with van der Waals surface area (Å²) in [5.74, 6) is 1.54. The fourth-order valence-corrected chi connectivity index (χ4v) is 4.93. The van der Waals surface area contributed by atoms with E-state index in [0.29, 0.717) is 6.42 Å². The van der Waals surface area contributed by atoms with Gasteiger partial charge in [0.2, 0.25) is 0 Å². The van der Waals surface area contributed by atoms with E-state index in [9.17, 15) is 13.0 Å². The van der Waals surface area contributed by atoms with Crippen molar-refractivity contribution in [1.29, 1.82) is 0 Å². The van der Waals surface area contributed by atoms with Crippen LogP contribution in [-0.2, 0) is 23.0 Å². The van der Waals surface area contributed by atoms with Crippen LogP contribution in [0.15, 0.2) is 23.1 Å². The zero-order valence-electron chi connectivity index (χ0n) is 20.9. The summed E-state index contributed by atoms with van der Waals surface area (Å²) < 4.78 is 35.4. The summed E-state index contributed by atoms with van der Waals surface area (Å²) >= 11 is 0. The third kappa shape index (κ3) is 14.8.